The molecule has 1 aliphatic heterocycles. The molecule has 2 rings (SSSR count). The second kappa shape index (κ2) is 5.97. The van der Waals surface area contributed by atoms with Crippen LogP contribution in [-0.4, -0.2) is 47.7 Å². The van der Waals surface area contributed by atoms with Gasteiger partial charge in [0.2, 0.25) is 0 Å². The number of anilines is 1. The maximum atomic E-state index is 11.9. The van der Waals surface area contributed by atoms with E-state index in [0.29, 0.717) is 6.54 Å². The number of rotatable bonds is 5. The SMILES string of the molecule is CNCC(O)Cn1ncc(N2CCCC2)cc1=O. The molecular formula is C12H20N4O2. The Bertz CT molecular complexity index is 440. The molecule has 0 radical (unpaired) electrons. The maximum absolute atomic E-state index is 11.9. The molecule has 6 heteroatoms. The van der Waals surface area contributed by atoms with Gasteiger partial charge in [-0.25, -0.2) is 4.68 Å². The van der Waals surface area contributed by atoms with E-state index in [-0.39, 0.29) is 12.1 Å². The van der Waals surface area contributed by atoms with Crippen LogP contribution in [0.1, 0.15) is 12.8 Å². The lowest BCUT2D eigenvalue weighted by Crippen LogP contribution is -2.34. The quantitative estimate of drug-likeness (QED) is 0.734. The predicted molar refractivity (Wildman–Crippen MR) is 69.9 cm³/mol. The van der Waals surface area contributed by atoms with E-state index in [9.17, 15) is 9.90 Å². The summed E-state index contributed by atoms with van der Waals surface area (Å²) in [5.41, 5.74) is 0.728. The van der Waals surface area contributed by atoms with Crippen molar-refractivity contribution in [2.75, 3.05) is 31.6 Å². The summed E-state index contributed by atoms with van der Waals surface area (Å²) >= 11 is 0. The molecule has 2 heterocycles. The molecule has 1 atom stereocenters. The molecule has 0 amide bonds. The number of nitrogens with one attached hydrogen (secondary N) is 1. The third-order valence-electron chi connectivity index (χ3n) is 3.15. The first-order valence-corrected chi connectivity index (χ1v) is 6.35. The van der Waals surface area contributed by atoms with Gasteiger partial charge in [-0.1, -0.05) is 0 Å². The van der Waals surface area contributed by atoms with Crippen LogP contribution < -0.4 is 15.8 Å². The molecule has 1 aromatic rings. The molecule has 0 bridgehead atoms. The van der Waals surface area contributed by atoms with Gasteiger partial charge >= 0.3 is 0 Å². The second-order valence-corrected chi connectivity index (χ2v) is 4.64. The molecule has 1 aromatic heterocycles. The summed E-state index contributed by atoms with van der Waals surface area (Å²) < 4.78 is 1.31. The summed E-state index contributed by atoms with van der Waals surface area (Å²) in [6, 6.07) is 1.60. The Labute approximate surface area is 106 Å². The number of aliphatic hydroxyl groups is 1. The standard InChI is InChI=1S/C12H20N4O2/c1-13-8-11(17)9-16-12(18)6-10(7-14-16)15-4-2-3-5-15/h6-7,11,13,17H,2-5,8-9H2,1H3. The predicted octanol–water partition coefficient (Wildman–Crippen LogP) is -0.576. The molecule has 1 unspecified atom stereocenters. The number of hydrogen-bond donors (Lipinski definition) is 2. The minimum Gasteiger partial charge on any atom is -0.390 e. The first-order valence-electron chi connectivity index (χ1n) is 6.35. The molecule has 1 aliphatic rings. The van der Waals surface area contributed by atoms with Gasteiger partial charge in [-0.2, -0.15) is 5.10 Å². The highest BCUT2D eigenvalue weighted by Gasteiger charge is 2.14. The van der Waals surface area contributed by atoms with Crippen LogP contribution in [0, 0.1) is 0 Å². The molecule has 100 valence electrons. The van der Waals surface area contributed by atoms with Crippen LogP contribution in [0.4, 0.5) is 5.69 Å². The normalized spacial score (nSPS) is 17.1. The Morgan fingerprint density at radius 2 is 2.22 bits per heavy atom. The largest absolute Gasteiger partial charge is 0.390 e. The van der Waals surface area contributed by atoms with Crippen LogP contribution in [0.15, 0.2) is 17.1 Å². The summed E-state index contributed by atoms with van der Waals surface area (Å²) in [5.74, 6) is 0. The zero-order chi connectivity index (χ0) is 13.0. The molecule has 1 saturated heterocycles. The van der Waals surface area contributed by atoms with Crippen molar-refractivity contribution >= 4 is 5.69 Å². The van der Waals surface area contributed by atoms with Gasteiger partial charge in [0.15, 0.2) is 0 Å². The van der Waals surface area contributed by atoms with Crippen LogP contribution >= 0.6 is 0 Å². The zero-order valence-electron chi connectivity index (χ0n) is 10.7. The van der Waals surface area contributed by atoms with Gasteiger partial charge in [0.25, 0.3) is 5.56 Å². The van der Waals surface area contributed by atoms with E-state index in [4.69, 9.17) is 0 Å². The average Bonchev–Trinajstić information content (AvgIpc) is 2.85. The van der Waals surface area contributed by atoms with Crippen molar-refractivity contribution in [1.29, 1.82) is 0 Å². The van der Waals surface area contributed by atoms with Crippen LogP contribution in [-0.2, 0) is 6.54 Å². The Morgan fingerprint density at radius 1 is 1.50 bits per heavy atom. The van der Waals surface area contributed by atoms with Crippen molar-refractivity contribution in [3.05, 3.63) is 22.6 Å². The van der Waals surface area contributed by atoms with Crippen molar-refractivity contribution < 1.29 is 5.11 Å². The van der Waals surface area contributed by atoms with Crippen LogP contribution in [0.3, 0.4) is 0 Å². The summed E-state index contributed by atoms with van der Waals surface area (Å²) in [5, 5.41) is 16.6. The number of aromatic nitrogens is 2. The van der Waals surface area contributed by atoms with Crippen molar-refractivity contribution in [3.63, 3.8) is 0 Å². The van der Waals surface area contributed by atoms with Gasteiger partial charge in [-0.3, -0.25) is 4.79 Å². The van der Waals surface area contributed by atoms with E-state index in [2.05, 4.69) is 15.3 Å². The Balaban J connectivity index is 2.07. The monoisotopic (exact) mass is 252 g/mol. The van der Waals surface area contributed by atoms with Crippen LogP contribution in [0.5, 0.6) is 0 Å². The lowest BCUT2D eigenvalue weighted by Gasteiger charge is -2.17. The summed E-state index contributed by atoms with van der Waals surface area (Å²) in [7, 11) is 1.76. The maximum Gasteiger partial charge on any atom is 0.268 e. The summed E-state index contributed by atoms with van der Waals surface area (Å²) in [6.45, 7) is 2.66. The number of aliphatic hydroxyl groups excluding tert-OH is 1. The van der Waals surface area contributed by atoms with E-state index in [1.165, 1.54) is 17.5 Å². The lowest BCUT2D eigenvalue weighted by molar-refractivity contribution is 0.147. The number of nitrogens with zero attached hydrogens (tertiary/aromatic N) is 3. The number of likely N-dealkylation sites (N-methyl/N-ethyl adjacent to an activating group) is 1. The summed E-state index contributed by atoms with van der Waals surface area (Å²) in [4.78, 5) is 14.0. The lowest BCUT2D eigenvalue weighted by atomic mass is 10.3. The molecule has 0 saturated carbocycles. The minimum absolute atomic E-state index is 0.158. The Morgan fingerprint density at radius 3 is 2.83 bits per heavy atom. The molecular weight excluding hydrogens is 232 g/mol. The van der Waals surface area contributed by atoms with Gasteiger partial charge in [-0.15, -0.1) is 0 Å². The fraction of sp³-hybridized carbons (Fsp3) is 0.667. The smallest absolute Gasteiger partial charge is 0.268 e. The fourth-order valence-corrected chi connectivity index (χ4v) is 2.21. The highest BCUT2D eigenvalue weighted by molar-refractivity contribution is 5.43. The third kappa shape index (κ3) is 3.08. The molecule has 0 spiro atoms. The molecule has 0 aromatic carbocycles. The molecule has 6 nitrogen and oxygen atoms in total. The second-order valence-electron chi connectivity index (χ2n) is 4.64. The molecule has 0 aliphatic carbocycles. The first kappa shape index (κ1) is 13.0. The highest BCUT2D eigenvalue weighted by atomic mass is 16.3. The van der Waals surface area contributed by atoms with Gasteiger partial charge in [0.1, 0.15) is 0 Å². The van der Waals surface area contributed by atoms with Crippen LogP contribution in [0.2, 0.25) is 0 Å². The van der Waals surface area contributed by atoms with Gasteiger partial charge in [-0.05, 0) is 19.9 Å². The molecule has 2 N–H and O–H groups in total. The first-order chi connectivity index (χ1) is 8.70. The van der Waals surface area contributed by atoms with Crippen molar-refractivity contribution in [1.82, 2.24) is 15.1 Å². The molecule has 1 fully saturated rings. The fourth-order valence-electron chi connectivity index (χ4n) is 2.21. The van der Waals surface area contributed by atoms with Crippen LogP contribution in [0.25, 0.3) is 0 Å². The van der Waals surface area contributed by atoms with E-state index < -0.39 is 6.10 Å². The summed E-state index contributed by atoms with van der Waals surface area (Å²) in [6.07, 6.45) is 3.45. The van der Waals surface area contributed by atoms with E-state index in [1.807, 2.05) is 0 Å². The number of hydrogen-bond acceptors (Lipinski definition) is 5. The van der Waals surface area contributed by atoms with E-state index >= 15 is 0 Å². The third-order valence-corrected chi connectivity index (χ3v) is 3.15. The van der Waals surface area contributed by atoms with Crippen molar-refractivity contribution in [2.45, 2.75) is 25.5 Å². The van der Waals surface area contributed by atoms with E-state index in [0.717, 1.165) is 18.8 Å². The topological polar surface area (TPSA) is 70.4 Å². The van der Waals surface area contributed by atoms with Crippen molar-refractivity contribution in [2.24, 2.45) is 0 Å². The van der Waals surface area contributed by atoms with E-state index in [1.54, 1.807) is 19.3 Å². The highest BCUT2D eigenvalue weighted by Crippen LogP contribution is 2.16. The van der Waals surface area contributed by atoms with Gasteiger partial charge < -0.3 is 15.3 Å². The Hall–Kier alpha value is -1.40. The molecule has 18 heavy (non-hydrogen) atoms. The minimum atomic E-state index is -0.599. The van der Waals surface area contributed by atoms with Crippen molar-refractivity contribution in [3.8, 4) is 0 Å². The zero-order valence-corrected chi connectivity index (χ0v) is 10.7. The Kier molecular flexibility index (Phi) is 4.33. The van der Waals surface area contributed by atoms with Gasteiger partial charge in [0.05, 0.1) is 24.5 Å². The van der Waals surface area contributed by atoms with Gasteiger partial charge in [0, 0.05) is 25.7 Å². The average molecular weight is 252 g/mol.